The fourth-order valence-corrected chi connectivity index (χ4v) is 6.32. The summed E-state index contributed by atoms with van der Waals surface area (Å²) in [7, 11) is -1.51. The molecule has 0 radical (unpaired) electrons. The number of nitrogens with zero attached hydrogens (tertiary/aromatic N) is 2. The second-order valence-corrected chi connectivity index (χ2v) is 11.6. The highest BCUT2D eigenvalue weighted by Gasteiger charge is 2.30. The third-order valence-electron chi connectivity index (χ3n) is 7.00. The lowest BCUT2D eigenvalue weighted by molar-refractivity contribution is 0.222. The lowest BCUT2D eigenvalue weighted by Gasteiger charge is -2.20. The minimum absolute atomic E-state index is 0.0248. The van der Waals surface area contributed by atoms with Crippen molar-refractivity contribution in [2.24, 2.45) is 0 Å². The summed E-state index contributed by atoms with van der Waals surface area (Å²) in [4.78, 5) is 9.96. The summed E-state index contributed by atoms with van der Waals surface area (Å²) in [6, 6.07) is 12.5. The predicted octanol–water partition coefficient (Wildman–Crippen LogP) is 6.12. The highest BCUT2D eigenvalue weighted by Crippen LogP contribution is 2.44. The lowest BCUT2D eigenvalue weighted by atomic mass is 9.99. The molecular formula is C28H29FN4OS. The van der Waals surface area contributed by atoms with E-state index >= 15 is 0 Å². The van der Waals surface area contributed by atoms with Gasteiger partial charge in [0, 0.05) is 52.1 Å². The number of fused-ring (bicyclic) bond motifs is 4. The first kappa shape index (κ1) is 22.6. The maximum atomic E-state index is 14.1. The number of nitrogens with one attached hydrogen (secondary N) is 2. The molecule has 1 saturated carbocycles. The number of hydrogen-bond donors (Lipinski definition) is 2. The van der Waals surface area contributed by atoms with Gasteiger partial charge in [0.25, 0.3) is 0 Å². The zero-order valence-electron chi connectivity index (χ0n) is 20.0. The van der Waals surface area contributed by atoms with Gasteiger partial charge in [0.1, 0.15) is 16.7 Å². The molecule has 0 aliphatic heterocycles. The minimum atomic E-state index is -1.51. The van der Waals surface area contributed by atoms with Gasteiger partial charge in [-0.1, -0.05) is 24.3 Å². The van der Waals surface area contributed by atoms with Crippen LogP contribution in [0.1, 0.15) is 61.9 Å². The molecule has 0 saturated heterocycles. The molecule has 2 atom stereocenters. The molecule has 4 aromatic rings. The van der Waals surface area contributed by atoms with Crippen molar-refractivity contribution < 1.29 is 8.60 Å². The van der Waals surface area contributed by atoms with Crippen molar-refractivity contribution in [3.05, 3.63) is 71.8 Å². The van der Waals surface area contributed by atoms with Gasteiger partial charge >= 0.3 is 0 Å². The Labute approximate surface area is 207 Å². The summed E-state index contributed by atoms with van der Waals surface area (Å²) in [5.74, 6) is 0.488. The summed E-state index contributed by atoms with van der Waals surface area (Å²) >= 11 is 0. The predicted molar refractivity (Wildman–Crippen MR) is 140 cm³/mol. The van der Waals surface area contributed by atoms with Crippen LogP contribution in [0, 0.1) is 0 Å². The molecule has 0 amide bonds. The van der Waals surface area contributed by atoms with Crippen LogP contribution in [-0.2, 0) is 17.4 Å². The number of rotatable bonds is 7. The Balaban J connectivity index is 1.43. The number of halogens is 1. The van der Waals surface area contributed by atoms with Crippen molar-refractivity contribution in [2.45, 2.75) is 62.1 Å². The standard InChI is InChI=1S/C28H29FN4OS/c1-28(2,29)16-32-35(34)26-11-18-9-10-23(33-25-15-30-13-19-5-3-4-6-20(19)25)27(18)22-14-31-24(12-21(22)26)17-7-8-17/h3-6,11-15,17,23,32-33H,7-10,16H2,1-2H3. The normalized spacial score (nSPS) is 18.7. The molecule has 6 rings (SSSR count). The van der Waals surface area contributed by atoms with E-state index in [2.05, 4.69) is 39.3 Å². The molecule has 0 bridgehead atoms. The van der Waals surface area contributed by atoms with Gasteiger partial charge in [-0.25, -0.2) is 13.3 Å². The van der Waals surface area contributed by atoms with Crippen molar-refractivity contribution in [3.63, 3.8) is 0 Å². The smallest absolute Gasteiger partial charge is 0.125 e. The number of benzene rings is 2. The zero-order chi connectivity index (χ0) is 24.2. The van der Waals surface area contributed by atoms with Crippen molar-refractivity contribution >= 4 is 38.2 Å². The summed E-state index contributed by atoms with van der Waals surface area (Å²) in [5, 5.41) is 7.97. The number of hydrogen-bond acceptors (Lipinski definition) is 4. The summed E-state index contributed by atoms with van der Waals surface area (Å²) in [5.41, 5.74) is 3.02. The molecule has 2 aliphatic rings. The molecule has 2 aliphatic carbocycles. The van der Waals surface area contributed by atoms with E-state index < -0.39 is 16.7 Å². The quantitative estimate of drug-likeness (QED) is 0.329. The van der Waals surface area contributed by atoms with E-state index in [0.717, 1.165) is 63.5 Å². The van der Waals surface area contributed by atoms with Crippen LogP contribution in [-0.4, -0.2) is 26.4 Å². The minimum Gasteiger partial charge on any atom is -0.376 e. The molecule has 7 heteroatoms. The van der Waals surface area contributed by atoms with Crippen molar-refractivity contribution in [1.82, 2.24) is 14.7 Å². The SMILES string of the molecule is CC(C)(F)CNS(=O)c1cc2c(c3cnc(C4CC4)cc13)C(Nc1cncc3ccccc13)CC2. The van der Waals surface area contributed by atoms with E-state index in [9.17, 15) is 8.60 Å². The zero-order valence-corrected chi connectivity index (χ0v) is 20.8. The van der Waals surface area contributed by atoms with E-state index in [-0.39, 0.29) is 12.6 Å². The Kier molecular flexibility index (Phi) is 5.57. The second-order valence-electron chi connectivity index (χ2n) is 10.3. The van der Waals surface area contributed by atoms with Gasteiger partial charge in [0.15, 0.2) is 0 Å². The summed E-state index contributed by atoms with van der Waals surface area (Å²) < 4.78 is 30.3. The Morgan fingerprint density at radius 1 is 1.06 bits per heavy atom. The van der Waals surface area contributed by atoms with Crippen LogP contribution < -0.4 is 10.0 Å². The molecule has 0 spiro atoms. The van der Waals surface area contributed by atoms with Crippen LogP contribution in [0.2, 0.25) is 0 Å². The maximum absolute atomic E-state index is 14.1. The summed E-state index contributed by atoms with van der Waals surface area (Å²) in [6.45, 7) is 3.01. The van der Waals surface area contributed by atoms with Crippen LogP contribution in [0.5, 0.6) is 0 Å². The number of alkyl halides is 1. The first-order chi connectivity index (χ1) is 16.9. The highest BCUT2D eigenvalue weighted by molar-refractivity contribution is 7.83. The molecule has 2 aromatic heterocycles. The average Bonchev–Trinajstić information content (AvgIpc) is 3.62. The largest absolute Gasteiger partial charge is 0.376 e. The van der Waals surface area contributed by atoms with Crippen LogP contribution in [0.15, 0.2) is 59.9 Å². The van der Waals surface area contributed by atoms with Gasteiger partial charge in [0.2, 0.25) is 0 Å². The molecule has 5 nitrogen and oxygen atoms in total. The number of aromatic nitrogens is 2. The van der Waals surface area contributed by atoms with Crippen LogP contribution >= 0.6 is 0 Å². The van der Waals surface area contributed by atoms with Crippen molar-refractivity contribution in [3.8, 4) is 0 Å². The van der Waals surface area contributed by atoms with Crippen LogP contribution in [0.3, 0.4) is 0 Å². The number of pyridine rings is 2. The van der Waals surface area contributed by atoms with Crippen molar-refractivity contribution in [1.29, 1.82) is 0 Å². The van der Waals surface area contributed by atoms with E-state index in [0.29, 0.717) is 5.92 Å². The van der Waals surface area contributed by atoms with Crippen LogP contribution in [0.25, 0.3) is 21.5 Å². The highest BCUT2D eigenvalue weighted by atomic mass is 32.2. The molecule has 180 valence electrons. The van der Waals surface area contributed by atoms with E-state index in [1.807, 2.05) is 30.7 Å². The first-order valence-electron chi connectivity index (χ1n) is 12.3. The van der Waals surface area contributed by atoms with E-state index in [1.165, 1.54) is 25.0 Å². The maximum Gasteiger partial charge on any atom is 0.125 e. The summed E-state index contributed by atoms with van der Waals surface area (Å²) in [6.07, 6.45) is 9.84. The molecule has 2 aromatic carbocycles. The molecule has 35 heavy (non-hydrogen) atoms. The third-order valence-corrected chi connectivity index (χ3v) is 8.14. The molecular weight excluding hydrogens is 459 g/mol. The van der Waals surface area contributed by atoms with Crippen molar-refractivity contribution in [2.75, 3.05) is 11.9 Å². The van der Waals surface area contributed by atoms with Gasteiger partial charge in [0.05, 0.1) is 22.8 Å². The van der Waals surface area contributed by atoms with E-state index in [4.69, 9.17) is 4.98 Å². The van der Waals surface area contributed by atoms with Crippen LogP contribution in [0.4, 0.5) is 10.1 Å². The number of aryl methyl sites for hydroxylation is 1. The Hall–Kier alpha value is -2.90. The fraction of sp³-hybridized carbons (Fsp3) is 0.357. The second kappa shape index (κ2) is 8.64. The van der Waals surface area contributed by atoms with Gasteiger partial charge in [-0.3, -0.25) is 9.97 Å². The van der Waals surface area contributed by atoms with Gasteiger partial charge in [-0.2, -0.15) is 0 Å². The molecule has 1 fully saturated rings. The number of anilines is 1. The Morgan fingerprint density at radius 2 is 1.89 bits per heavy atom. The lowest BCUT2D eigenvalue weighted by Crippen LogP contribution is -2.32. The monoisotopic (exact) mass is 488 g/mol. The Bertz CT molecular complexity index is 1460. The molecule has 2 N–H and O–H groups in total. The Morgan fingerprint density at radius 3 is 2.69 bits per heavy atom. The topological polar surface area (TPSA) is 66.9 Å². The third kappa shape index (κ3) is 4.43. The molecule has 2 heterocycles. The van der Waals surface area contributed by atoms with Gasteiger partial charge in [-0.05, 0) is 62.8 Å². The molecule has 2 unspecified atom stereocenters. The van der Waals surface area contributed by atoms with E-state index in [1.54, 1.807) is 0 Å². The van der Waals surface area contributed by atoms with Gasteiger partial charge in [-0.15, -0.1) is 0 Å². The average molecular weight is 489 g/mol. The first-order valence-corrected chi connectivity index (χ1v) is 13.4. The van der Waals surface area contributed by atoms with Gasteiger partial charge < -0.3 is 5.32 Å². The fourth-order valence-electron chi connectivity index (χ4n) is 5.07.